The molecule has 0 aliphatic heterocycles. The van der Waals surface area contributed by atoms with Crippen molar-refractivity contribution in [3.63, 3.8) is 0 Å². The van der Waals surface area contributed by atoms with E-state index >= 15 is 0 Å². The Morgan fingerprint density at radius 1 is 1.06 bits per heavy atom. The summed E-state index contributed by atoms with van der Waals surface area (Å²) < 4.78 is 0. The van der Waals surface area contributed by atoms with Gasteiger partial charge < -0.3 is 11.1 Å². The number of unbranched alkanes of at least 4 members (excludes halogenated alkanes) is 2. The van der Waals surface area contributed by atoms with Crippen molar-refractivity contribution in [3.8, 4) is 0 Å². The fourth-order valence-corrected chi connectivity index (χ4v) is 1.86. The highest BCUT2D eigenvalue weighted by Gasteiger charge is 2.00. The van der Waals surface area contributed by atoms with Gasteiger partial charge in [0.05, 0.1) is 0 Å². The zero-order valence-corrected chi connectivity index (χ0v) is 11.0. The second-order valence-corrected chi connectivity index (χ2v) is 4.54. The molecule has 0 saturated carbocycles. The molecular weight excluding hydrogens is 224 g/mol. The fourth-order valence-electron chi connectivity index (χ4n) is 1.86. The molecule has 0 heterocycles. The van der Waals surface area contributed by atoms with Gasteiger partial charge in [0.15, 0.2) is 0 Å². The highest BCUT2D eigenvalue weighted by atomic mass is 16.1. The molecular formula is C15H24N2O. The largest absolute Gasteiger partial charge is 0.356 e. The molecule has 0 spiro atoms. The summed E-state index contributed by atoms with van der Waals surface area (Å²) in [4.78, 5) is 11.5. The molecule has 18 heavy (non-hydrogen) atoms. The number of hydrogen-bond acceptors (Lipinski definition) is 2. The summed E-state index contributed by atoms with van der Waals surface area (Å²) in [5.41, 5.74) is 6.70. The van der Waals surface area contributed by atoms with Gasteiger partial charge in [0.25, 0.3) is 0 Å². The van der Waals surface area contributed by atoms with Crippen LogP contribution in [0.15, 0.2) is 30.3 Å². The van der Waals surface area contributed by atoms with Crippen molar-refractivity contribution in [2.24, 2.45) is 5.73 Å². The Balaban J connectivity index is 2.00. The maximum atomic E-state index is 11.5. The first-order valence-corrected chi connectivity index (χ1v) is 6.83. The van der Waals surface area contributed by atoms with Crippen molar-refractivity contribution in [2.75, 3.05) is 13.1 Å². The van der Waals surface area contributed by atoms with E-state index in [1.807, 2.05) is 18.2 Å². The number of rotatable bonds is 9. The third-order valence-corrected chi connectivity index (χ3v) is 2.92. The lowest BCUT2D eigenvalue weighted by Crippen LogP contribution is -2.24. The summed E-state index contributed by atoms with van der Waals surface area (Å²) >= 11 is 0. The molecule has 100 valence electrons. The molecule has 0 fully saturated rings. The van der Waals surface area contributed by atoms with Gasteiger partial charge in [-0.25, -0.2) is 0 Å². The van der Waals surface area contributed by atoms with E-state index in [1.165, 1.54) is 5.56 Å². The fraction of sp³-hybridized carbons (Fsp3) is 0.533. The third kappa shape index (κ3) is 7.07. The molecule has 0 aromatic heterocycles. The van der Waals surface area contributed by atoms with Gasteiger partial charge in [0.2, 0.25) is 5.91 Å². The number of carbonyl (C=O) groups excluding carboxylic acids is 1. The quantitative estimate of drug-likeness (QED) is 0.659. The average Bonchev–Trinajstić information content (AvgIpc) is 2.40. The lowest BCUT2D eigenvalue weighted by Gasteiger charge is -2.05. The van der Waals surface area contributed by atoms with E-state index in [9.17, 15) is 4.79 Å². The first-order valence-electron chi connectivity index (χ1n) is 6.83. The Morgan fingerprint density at radius 3 is 2.56 bits per heavy atom. The highest BCUT2D eigenvalue weighted by Crippen LogP contribution is 2.04. The van der Waals surface area contributed by atoms with Gasteiger partial charge in [-0.3, -0.25) is 4.79 Å². The minimum absolute atomic E-state index is 0.165. The van der Waals surface area contributed by atoms with E-state index in [0.29, 0.717) is 6.42 Å². The molecule has 0 saturated heterocycles. The van der Waals surface area contributed by atoms with E-state index in [1.54, 1.807) is 0 Å². The molecule has 0 unspecified atom stereocenters. The van der Waals surface area contributed by atoms with Crippen LogP contribution < -0.4 is 11.1 Å². The van der Waals surface area contributed by atoms with Crippen LogP contribution in [-0.4, -0.2) is 19.0 Å². The van der Waals surface area contributed by atoms with Crippen molar-refractivity contribution >= 4 is 5.91 Å². The average molecular weight is 248 g/mol. The molecule has 3 N–H and O–H groups in total. The minimum Gasteiger partial charge on any atom is -0.356 e. The van der Waals surface area contributed by atoms with Crippen LogP contribution >= 0.6 is 0 Å². The Bertz CT molecular complexity index is 325. The summed E-state index contributed by atoms with van der Waals surface area (Å²) in [6.07, 6.45) is 5.68. The molecule has 0 aliphatic rings. The zero-order valence-electron chi connectivity index (χ0n) is 11.0. The van der Waals surface area contributed by atoms with Crippen LogP contribution in [0.4, 0.5) is 0 Å². The van der Waals surface area contributed by atoms with Crippen LogP contribution in [0.2, 0.25) is 0 Å². The van der Waals surface area contributed by atoms with Gasteiger partial charge in [-0.2, -0.15) is 0 Å². The lowest BCUT2D eigenvalue weighted by molar-refractivity contribution is -0.121. The van der Waals surface area contributed by atoms with Gasteiger partial charge in [-0.15, -0.1) is 0 Å². The molecule has 3 heteroatoms. The number of nitrogens with one attached hydrogen (secondary N) is 1. The number of amides is 1. The van der Waals surface area contributed by atoms with Crippen LogP contribution in [0.1, 0.15) is 37.7 Å². The first kappa shape index (κ1) is 14.7. The Kier molecular flexibility index (Phi) is 7.89. The predicted octanol–water partition coefficient (Wildman–Crippen LogP) is 2.25. The van der Waals surface area contributed by atoms with Gasteiger partial charge in [-0.1, -0.05) is 36.8 Å². The maximum Gasteiger partial charge on any atom is 0.220 e. The second-order valence-electron chi connectivity index (χ2n) is 4.54. The van der Waals surface area contributed by atoms with Crippen molar-refractivity contribution in [1.82, 2.24) is 5.32 Å². The highest BCUT2D eigenvalue weighted by molar-refractivity contribution is 5.75. The topological polar surface area (TPSA) is 55.1 Å². The number of carbonyl (C=O) groups is 1. The van der Waals surface area contributed by atoms with Crippen LogP contribution in [-0.2, 0) is 11.2 Å². The summed E-state index contributed by atoms with van der Waals surface area (Å²) in [6.45, 7) is 1.52. The molecule has 3 nitrogen and oxygen atoms in total. The molecule has 1 rings (SSSR count). The Morgan fingerprint density at radius 2 is 1.83 bits per heavy atom. The lowest BCUT2D eigenvalue weighted by atomic mass is 10.1. The van der Waals surface area contributed by atoms with Crippen LogP contribution in [0, 0.1) is 0 Å². The Hall–Kier alpha value is -1.35. The van der Waals surface area contributed by atoms with Crippen molar-refractivity contribution in [3.05, 3.63) is 35.9 Å². The van der Waals surface area contributed by atoms with Gasteiger partial charge >= 0.3 is 0 Å². The van der Waals surface area contributed by atoms with Crippen molar-refractivity contribution < 1.29 is 4.79 Å². The third-order valence-electron chi connectivity index (χ3n) is 2.92. The van der Waals surface area contributed by atoms with Crippen molar-refractivity contribution in [2.45, 2.75) is 38.5 Å². The molecule has 0 bridgehead atoms. The molecule has 1 amide bonds. The van der Waals surface area contributed by atoms with E-state index in [-0.39, 0.29) is 5.91 Å². The minimum atomic E-state index is 0.165. The SMILES string of the molecule is NCCCCCNC(=O)CCCc1ccccc1. The monoisotopic (exact) mass is 248 g/mol. The standard InChI is InChI=1S/C15H24N2O/c16-12-5-2-6-13-17-15(18)11-7-10-14-8-3-1-4-9-14/h1,3-4,8-9H,2,5-7,10-13,16H2,(H,17,18). The van der Waals surface area contributed by atoms with E-state index in [4.69, 9.17) is 5.73 Å². The molecule has 0 atom stereocenters. The van der Waals surface area contributed by atoms with Crippen LogP contribution in [0.25, 0.3) is 0 Å². The Labute approximate surface area is 110 Å². The van der Waals surface area contributed by atoms with Crippen LogP contribution in [0.3, 0.4) is 0 Å². The molecule has 1 aromatic carbocycles. The normalized spacial score (nSPS) is 10.3. The molecule has 0 aliphatic carbocycles. The predicted molar refractivity (Wildman–Crippen MR) is 75.3 cm³/mol. The number of aryl methyl sites for hydroxylation is 1. The number of benzene rings is 1. The summed E-state index contributed by atoms with van der Waals surface area (Å²) in [6, 6.07) is 10.3. The number of nitrogens with two attached hydrogens (primary N) is 1. The van der Waals surface area contributed by atoms with Gasteiger partial charge in [-0.05, 0) is 37.8 Å². The zero-order chi connectivity index (χ0) is 13.1. The van der Waals surface area contributed by atoms with Gasteiger partial charge in [0.1, 0.15) is 0 Å². The second kappa shape index (κ2) is 9.66. The summed E-state index contributed by atoms with van der Waals surface area (Å²) in [7, 11) is 0. The molecule has 0 radical (unpaired) electrons. The van der Waals surface area contributed by atoms with E-state index in [2.05, 4.69) is 17.4 Å². The maximum absolute atomic E-state index is 11.5. The summed E-state index contributed by atoms with van der Waals surface area (Å²) in [5.74, 6) is 0.165. The molecule has 1 aromatic rings. The summed E-state index contributed by atoms with van der Waals surface area (Å²) in [5, 5.41) is 2.95. The van der Waals surface area contributed by atoms with Crippen LogP contribution in [0.5, 0.6) is 0 Å². The van der Waals surface area contributed by atoms with Crippen molar-refractivity contribution in [1.29, 1.82) is 0 Å². The van der Waals surface area contributed by atoms with Gasteiger partial charge in [0, 0.05) is 13.0 Å². The smallest absolute Gasteiger partial charge is 0.220 e. The first-order chi connectivity index (χ1) is 8.83. The van der Waals surface area contributed by atoms with E-state index < -0.39 is 0 Å². The van der Waals surface area contributed by atoms with E-state index in [0.717, 1.165) is 45.2 Å². The number of hydrogen-bond donors (Lipinski definition) is 2.